The molecule has 0 radical (unpaired) electrons. The highest BCUT2D eigenvalue weighted by Gasteiger charge is 2.18. The van der Waals surface area contributed by atoms with Crippen LogP contribution in [0.3, 0.4) is 0 Å². The fraction of sp³-hybridized carbons (Fsp3) is 0.174. The molecule has 1 N–H and O–H groups in total. The van der Waals surface area contributed by atoms with Gasteiger partial charge in [0.15, 0.2) is 22.7 Å². The lowest BCUT2D eigenvalue weighted by Crippen LogP contribution is -2.29. The van der Waals surface area contributed by atoms with E-state index in [4.69, 9.17) is 18.9 Å². The number of carbonyl (C=O) groups is 2. The molecule has 2 aromatic carbocycles. The number of amides is 1. The van der Waals surface area contributed by atoms with Gasteiger partial charge in [-0.2, -0.15) is 0 Å². The molecule has 1 aliphatic heterocycles. The van der Waals surface area contributed by atoms with Gasteiger partial charge in [-0.05, 0) is 55.0 Å². The highest BCUT2D eigenvalue weighted by atomic mass is 32.1. The van der Waals surface area contributed by atoms with Gasteiger partial charge in [-0.3, -0.25) is 10.1 Å². The molecule has 9 heteroatoms. The summed E-state index contributed by atoms with van der Waals surface area (Å²) < 4.78 is 20.9. The lowest BCUT2D eigenvalue weighted by molar-refractivity contribution is -0.148. The minimum absolute atomic E-state index is 0.178. The molecule has 2 heterocycles. The van der Waals surface area contributed by atoms with E-state index in [1.807, 2.05) is 29.6 Å². The number of benzene rings is 2. The van der Waals surface area contributed by atoms with Crippen molar-refractivity contribution < 1.29 is 28.5 Å². The Labute approximate surface area is 188 Å². The van der Waals surface area contributed by atoms with Crippen molar-refractivity contribution in [3.8, 4) is 28.5 Å². The van der Waals surface area contributed by atoms with Crippen LogP contribution in [-0.4, -0.2) is 36.9 Å². The normalized spacial score (nSPS) is 13.1. The molecule has 1 aromatic heterocycles. The second-order valence-corrected chi connectivity index (χ2v) is 7.64. The Kier molecular flexibility index (Phi) is 6.37. The van der Waals surface area contributed by atoms with E-state index in [0.717, 1.165) is 22.6 Å². The topological polar surface area (TPSA) is 96.0 Å². The van der Waals surface area contributed by atoms with Gasteiger partial charge in [0.2, 0.25) is 6.79 Å². The lowest BCUT2D eigenvalue weighted by atomic mass is 10.2. The predicted octanol–water partition coefficient (Wildman–Crippen LogP) is 4.13. The molecule has 0 spiro atoms. The second kappa shape index (κ2) is 9.52. The third-order valence-corrected chi connectivity index (χ3v) is 5.35. The molecule has 8 nitrogen and oxygen atoms in total. The van der Waals surface area contributed by atoms with Gasteiger partial charge < -0.3 is 18.9 Å². The number of anilines is 1. The van der Waals surface area contributed by atoms with Gasteiger partial charge in [-0.15, -0.1) is 11.3 Å². The highest BCUT2D eigenvalue weighted by molar-refractivity contribution is 7.14. The summed E-state index contributed by atoms with van der Waals surface area (Å²) in [4.78, 5) is 28.9. The molecular formula is C23H20N2O6S. The number of nitrogens with zero attached hydrogens (tertiary/aromatic N) is 1. The first-order chi connectivity index (χ1) is 15.5. The van der Waals surface area contributed by atoms with E-state index in [2.05, 4.69) is 10.3 Å². The van der Waals surface area contributed by atoms with Crippen molar-refractivity contribution in [3.05, 3.63) is 59.5 Å². The summed E-state index contributed by atoms with van der Waals surface area (Å²) in [6.45, 7) is 1.68. The number of ether oxygens (including phenoxy) is 4. The molecule has 4 rings (SSSR count). The van der Waals surface area contributed by atoms with Gasteiger partial charge in [-0.1, -0.05) is 6.07 Å². The van der Waals surface area contributed by atoms with E-state index in [-0.39, 0.29) is 6.79 Å². The van der Waals surface area contributed by atoms with Crippen LogP contribution in [0.4, 0.5) is 5.13 Å². The van der Waals surface area contributed by atoms with E-state index < -0.39 is 18.0 Å². The molecule has 0 saturated carbocycles. The Morgan fingerprint density at radius 3 is 2.72 bits per heavy atom. The molecule has 0 aliphatic carbocycles. The summed E-state index contributed by atoms with van der Waals surface area (Å²) in [6, 6.07) is 12.8. The van der Waals surface area contributed by atoms with Crippen LogP contribution in [-0.2, 0) is 14.3 Å². The molecule has 1 amide bonds. The van der Waals surface area contributed by atoms with Crippen LogP contribution in [0.25, 0.3) is 17.3 Å². The average molecular weight is 452 g/mol. The minimum atomic E-state index is -0.989. The van der Waals surface area contributed by atoms with Crippen LogP contribution in [0.1, 0.15) is 12.5 Å². The molecule has 1 aliphatic rings. The van der Waals surface area contributed by atoms with Crippen molar-refractivity contribution in [2.24, 2.45) is 0 Å². The highest BCUT2D eigenvalue weighted by Crippen LogP contribution is 2.32. The number of thiazole rings is 1. The van der Waals surface area contributed by atoms with Crippen molar-refractivity contribution in [2.75, 3.05) is 19.2 Å². The number of aromatic nitrogens is 1. The molecule has 32 heavy (non-hydrogen) atoms. The number of fused-ring (bicyclic) bond motifs is 1. The first kappa shape index (κ1) is 21.4. The number of hydrogen-bond acceptors (Lipinski definition) is 8. The van der Waals surface area contributed by atoms with Gasteiger partial charge in [-0.25, -0.2) is 9.78 Å². The molecule has 3 aromatic rings. The molecule has 0 saturated heterocycles. The minimum Gasteiger partial charge on any atom is -0.497 e. The number of carbonyl (C=O) groups excluding carboxylic acids is 2. The van der Waals surface area contributed by atoms with E-state index in [9.17, 15) is 9.59 Å². The first-order valence-corrected chi connectivity index (χ1v) is 10.6. The van der Waals surface area contributed by atoms with Crippen molar-refractivity contribution in [1.29, 1.82) is 0 Å². The summed E-state index contributed by atoms with van der Waals surface area (Å²) in [6.07, 6.45) is 1.85. The van der Waals surface area contributed by atoms with E-state index in [1.165, 1.54) is 24.3 Å². The maximum Gasteiger partial charge on any atom is 0.331 e. The summed E-state index contributed by atoms with van der Waals surface area (Å²) in [5.41, 5.74) is 2.37. The van der Waals surface area contributed by atoms with Gasteiger partial charge in [0.1, 0.15) is 5.75 Å². The summed E-state index contributed by atoms with van der Waals surface area (Å²) in [5, 5.41) is 4.93. The number of hydrogen-bond donors (Lipinski definition) is 1. The SMILES string of the molecule is COc1ccc(-c2csc(NC(=O)C(C)OC(=O)/C=C/c3ccc4c(c3)OCO4)n2)cc1. The van der Waals surface area contributed by atoms with Crippen LogP contribution in [0.15, 0.2) is 53.9 Å². The van der Waals surface area contributed by atoms with Gasteiger partial charge >= 0.3 is 5.97 Å². The fourth-order valence-corrected chi connectivity index (χ4v) is 3.60. The fourth-order valence-electron chi connectivity index (χ4n) is 2.88. The monoisotopic (exact) mass is 452 g/mol. The largest absolute Gasteiger partial charge is 0.497 e. The third kappa shape index (κ3) is 5.06. The maximum absolute atomic E-state index is 12.4. The zero-order valence-corrected chi connectivity index (χ0v) is 18.2. The Morgan fingerprint density at radius 1 is 1.16 bits per heavy atom. The van der Waals surface area contributed by atoms with Crippen LogP contribution in [0, 0.1) is 0 Å². The van der Waals surface area contributed by atoms with Gasteiger partial charge in [0, 0.05) is 17.0 Å². The van der Waals surface area contributed by atoms with Crippen LogP contribution >= 0.6 is 11.3 Å². The zero-order valence-electron chi connectivity index (χ0n) is 17.4. The maximum atomic E-state index is 12.4. The van der Waals surface area contributed by atoms with Crippen LogP contribution in [0.2, 0.25) is 0 Å². The zero-order chi connectivity index (χ0) is 22.5. The van der Waals surface area contributed by atoms with E-state index in [0.29, 0.717) is 16.6 Å². The average Bonchev–Trinajstić information content (AvgIpc) is 3.47. The second-order valence-electron chi connectivity index (χ2n) is 6.78. The van der Waals surface area contributed by atoms with E-state index in [1.54, 1.807) is 31.4 Å². The Hall–Kier alpha value is -3.85. The van der Waals surface area contributed by atoms with Crippen molar-refractivity contribution in [2.45, 2.75) is 13.0 Å². The van der Waals surface area contributed by atoms with Gasteiger partial charge in [0.25, 0.3) is 5.91 Å². The standard InChI is InChI=1S/C23H20N2O6S/c1-14(31-21(26)10-4-15-3-9-19-20(11-15)30-13-29-19)22(27)25-23-24-18(12-32-23)16-5-7-17(28-2)8-6-16/h3-12,14H,13H2,1-2H3,(H,24,25,27)/b10-4+. The lowest BCUT2D eigenvalue weighted by Gasteiger charge is -2.10. The Morgan fingerprint density at radius 2 is 1.94 bits per heavy atom. The predicted molar refractivity (Wildman–Crippen MR) is 120 cm³/mol. The summed E-state index contributed by atoms with van der Waals surface area (Å²) in [5.74, 6) is 0.924. The van der Waals surface area contributed by atoms with Crippen molar-refractivity contribution >= 4 is 34.4 Å². The first-order valence-electron chi connectivity index (χ1n) is 9.71. The number of rotatable bonds is 7. The molecule has 0 fully saturated rings. The van der Waals surface area contributed by atoms with Crippen LogP contribution in [0.5, 0.6) is 17.2 Å². The number of esters is 1. The van der Waals surface area contributed by atoms with E-state index >= 15 is 0 Å². The molecule has 1 atom stereocenters. The van der Waals surface area contributed by atoms with Crippen molar-refractivity contribution in [3.63, 3.8) is 0 Å². The molecule has 164 valence electrons. The Bertz CT molecular complexity index is 1160. The quantitative estimate of drug-likeness (QED) is 0.425. The van der Waals surface area contributed by atoms with Gasteiger partial charge in [0.05, 0.1) is 12.8 Å². The molecule has 1 unspecified atom stereocenters. The molecular weight excluding hydrogens is 432 g/mol. The molecule has 0 bridgehead atoms. The smallest absolute Gasteiger partial charge is 0.331 e. The van der Waals surface area contributed by atoms with Crippen molar-refractivity contribution in [1.82, 2.24) is 4.98 Å². The number of nitrogens with one attached hydrogen (secondary N) is 1. The number of methoxy groups -OCH3 is 1. The summed E-state index contributed by atoms with van der Waals surface area (Å²) >= 11 is 1.29. The van der Waals surface area contributed by atoms with Crippen LogP contribution < -0.4 is 19.5 Å². The third-order valence-electron chi connectivity index (χ3n) is 4.59. The Balaban J connectivity index is 1.30. The summed E-state index contributed by atoms with van der Waals surface area (Å²) in [7, 11) is 1.60.